The molecule has 2 rings (SSSR count). The lowest BCUT2D eigenvalue weighted by atomic mass is 10.1. The molecule has 1 aromatic carbocycles. The molecular weight excluding hydrogens is 238 g/mol. The third-order valence-electron chi connectivity index (χ3n) is 2.77. The molecule has 19 heavy (non-hydrogen) atoms. The summed E-state index contributed by atoms with van der Waals surface area (Å²) in [5, 5.41) is 5.45. The van der Waals surface area contributed by atoms with E-state index in [0.717, 1.165) is 17.7 Å². The molecule has 1 heterocycles. The third-order valence-corrected chi connectivity index (χ3v) is 2.77. The van der Waals surface area contributed by atoms with Crippen LogP contribution < -0.4 is 10.6 Å². The summed E-state index contributed by atoms with van der Waals surface area (Å²) < 4.78 is 0. The van der Waals surface area contributed by atoms with E-state index in [4.69, 9.17) is 0 Å². The number of hydrogen-bond acceptors (Lipinski definition) is 2. The van der Waals surface area contributed by atoms with Crippen molar-refractivity contribution in [2.45, 2.75) is 20.3 Å². The van der Waals surface area contributed by atoms with Crippen molar-refractivity contribution in [1.29, 1.82) is 0 Å². The van der Waals surface area contributed by atoms with E-state index < -0.39 is 0 Å². The van der Waals surface area contributed by atoms with E-state index in [1.54, 1.807) is 12.3 Å². The molecule has 4 nitrogen and oxygen atoms in total. The van der Waals surface area contributed by atoms with Gasteiger partial charge in [0.05, 0.1) is 0 Å². The molecule has 0 unspecified atom stereocenters. The van der Waals surface area contributed by atoms with Gasteiger partial charge in [-0.3, -0.25) is 5.32 Å². The molecule has 1 aromatic heterocycles. The van der Waals surface area contributed by atoms with Crippen molar-refractivity contribution in [3.63, 3.8) is 0 Å². The van der Waals surface area contributed by atoms with E-state index in [0.29, 0.717) is 5.82 Å². The number of hydrogen-bond donors (Lipinski definition) is 2. The normalized spacial score (nSPS) is 10.0. The summed E-state index contributed by atoms with van der Waals surface area (Å²) in [6, 6.07) is 11.2. The third kappa shape index (κ3) is 3.81. The monoisotopic (exact) mass is 255 g/mol. The number of aromatic nitrogens is 1. The summed E-state index contributed by atoms with van der Waals surface area (Å²) in [7, 11) is 0. The van der Waals surface area contributed by atoms with Crippen LogP contribution in [0.1, 0.15) is 18.1 Å². The van der Waals surface area contributed by atoms with Crippen LogP contribution in [0.25, 0.3) is 0 Å². The highest BCUT2D eigenvalue weighted by atomic mass is 16.2. The number of amides is 2. The van der Waals surface area contributed by atoms with Gasteiger partial charge in [0, 0.05) is 11.9 Å². The lowest BCUT2D eigenvalue weighted by Gasteiger charge is -2.07. The second-order valence-corrected chi connectivity index (χ2v) is 4.35. The lowest BCUT2D eigenvalue weighted by molar-refractivity contribution is 0.262. The van der Waals surface area contributed by atoms with Crippen molar-refractivity contribution in [2.75, 3.05) is 10.6 Å². The smallest absolute Gasteiger partial charge is 0.308 e. The summed E-state index contributed by atoms with van der Waals surface area (Å²) in [5.41, 5.74) is 3.06. The molecule has 2 amide bonds. The second-order valence-electron chi connectivity index (χ2n) is 4.35. The Morgan fingerprint density at radius 3 is 2.42 bits per heavy atom. The first-order valence-corrected chi connectivity index (χ1v) is 6.27. The molecule has 2 aromatic rings. The molecule has 0 radical (unpaired) electrons. The number of pyridine rings is 1. The summed E-state index contributed by atoms with van der Waals surface area (Å²) in [5.74, 6) is 0.535. The fourth-order valence-electron chi connectivity index (χ4n) is 1.64. The van der Waals surface area contributed by atoms with Crippen LogP contribution in [-0.2, 0) is 6.42 Å². The zero-order valence-corrected chi connectivity index (χ0v) is 11.1. The van der Waals surface area contributed by atoms with Crippen molar-refractivity contribution >= 4 is 17.5 Å². The van der Waals surface area contributed by atoms with Gasteiger partial charge >= 0.3 is 6.03 Å². The Bertz CT molecular complexity index is 547. The van der Waals surface area contributed by atoms with Crippen LogP contribution in [0.15, 0.2) is 42.6 Å². The van der Waals surface area contributed by atoms with Crippen molar-refractivity contribution in [1.82, 2.24) is 4.98 Å². The zero-order valence-electron chi connectivity index (χ0n) is 11.1. The van der Waals surface area contributed by atoms with Crippen LogP contribution in [0.3, 0.4) is 0 Å². The first kappa shape index (κ1) is 13.1. The van der Waals surface area contributed by atoms with Crippen LogP contribution in [0.2, 0.25) is 0 Å². The molecule has 0 aliphatic rings. The summed E-state index contributed by atoms with van der Waals surface area (Å²) in [4.78, 5) is 15.9. The van der Waals surface area contributed by atoms with Crippen LogP contribution in [0, 0.1) is 6.92 Å². The Morgan fingerprint density at radius 1 is 1.11 bits per heavy atom. The Hall–Kier alpha value is -2.36. The Balaban J connectivity index is 1.95. The van der Waals surface area contributed by atoms with Gasteiger partial charge in [-0.2, -0.15) is 0 Å². The molecule has 0 spiro atoms. The van der Waals surface area contributed by atoms with Gasteiger partial charge < -0.3 is 5.32 Å². The molecule has 98 valence electrons. The summed E-state index contributed by atoms with van der Waals surface area (Å²) in [6.45, 7) is 4.05. The molecule has 0 saturated carbocycles. The number of anilines is 2. The zero-order chi connectivity index (χ0) is 13.7. The van der Waals surface area contributed by atoms with Crippen LogP contribution in [-0.4, -0.2) is 11.0 Å². The lowest BCUT2D eigenvalue weighted by Crippen LogP contribution is -2.20. The molecular formula is C15H17N3O. The topological polar surface area (TPSA) is 54.0 Å². The molecule has 0 bridgehead atoms. The van der Waals surface area contributed by atoms with Crippen LogP contribution in [0.5, 0.6) is 0 Å². The van der Waals surface area contributed by atoms with Gasteiger partial charge in [-0.25, -0.2) is 9.78 Å². The second kappa shape index (κ2) is 6.00. The predicted molar refractivity (Wildman–Crippen MR) is 77.4 cm³/mol. The van der Waals surface area contributed by atoms with Gasteiger partial charge in [-0.1, -0.05) is 25.1 Å². The predicted octanol–water partition coefficient (Wildman–Crippen LogP) is 3.60. The molecule has 0 saturated heterocycles. The standard InChI is InChI=1S/C15H17N3O/c1-3-12-5-7-13(8-6-12)17-15(19)18-14-9-4-11(2)10-16-14/h4-10H,3H2,1-2H3,(H2,16,17,18,19). The number of carbonyl (C=O) groups excluding carboxylic acids is 1. The minimum Gasteiger partial charge on any atom is -0.308 e. The minimum absolute atomic E-state index is 0.291. The van der Waals surface area contributed by atoms with Gasteiger partial charge in [0.15, 0.2) is 0 Å². The number of benzene rings is 1. The van der Waals surface area contributed by atoms with Crippen molar-refractivity contribution in [3.8, 4) is 0 Å². The Morgan fingerprint density at radius 2 is 1.84 bits per heavy atom. The fourth-order valence-corrected chi connectivity index (χ4v) is 1.64. The number of urea groups is 1. The van der Waals surface area contributed by atoms with E-state index in [-0.39, 0.29) is 6.03 Å². The van der Waals surface area contributed by atoms with Gasteiger partial charge in [-0.05, 0) is 42.7 Å². The molecule has 4 heteroatoms. The summed E-state index contributed by atoms with van der Waals surface area (Å²) >= 11 is 0. The average molecular weight is 255 g/mol. The number of rotatable bonds is 3. The molecule has 0 fully saturated rings. The van der Waals surface area contributed by atoms with Crippen molar-refractivity contribution < 1.29 is 4.79 Å². The first-order valence-electron chi connectivity index (χ1n) is 6.27. The van der Waals surface area contributed by atoms with Gasteiger partial charge in [-0.15, -0.1) is 0 Å². The highest BCUT2D eigenvalue weighted by molar-refractivity contribution is 5.99. The SMILES string of the molecule is CCc1ccc(NC(=O)Nc2ccc(C)cn2)cc1. The maximum Gasteiger partial charge on any atom is 0.324 e. The van der Waals surface area contributed by atoms with Gasteiger partial charge in [0.2, 0.25) is 0 Å². The van der Waals surface area contributed by atoms with E-state index in [2.05, 4.69) is 22.5 Å². The number of aryl methyl sites for hydroxylation is 2. The maximum absolute atomic E-state index is 11.8. The Labute approximate surface area is 112 Å². The van der Waals surface area contributed by atoms with Crippen molar-refractivity contribution in [3.05, 3.63) is 53.7 Å². The fraction of sp³-hybridized carbons (Fsp3) is 0.200. The number of carbonyl (C=O) groups is 1. The minimum atomic E-state index is -0.291. The van der Waals surface area contributed by atoms with E-state index in [1.165, 1.54) is 5.56 Å². The molecule has 0 aliphatic heterocycles. The highest BCUT2D eigenvalue weighted by Gasteiger charge is 2.03. The van der Waals surface area contributed by atoms with E-state index in [9.17, 15) is 4.79 Å². The first-order chi connectivity index (χ1) is 9.17. The summed E-state index contributed by atoms with van der Waals surface area (Å²) in [6.07, 6.45) is 2.70. The van der Waals surface area contributed by atoms with E-state index >= 15 is 0 Å². The van der Waals surface area contributed by atoms with Gasteiger partial charge in [0.25, 0.3) is 0 Å². The Kier molecular flexibility index (Phi) is 4.13. The van der Waals surface area contributed by atoms with Crippen LogP contribution in [0.4, 0.5) is 16.3 Å². The number of nitrogens with one attached hydrogen (secondary N) is 2. The number of nitrogens with zero attached hydrogens (tertiary/aromatic N) is 1. The van der Waals surface area contributed by atoms with Crippen LogP contribution >= 0.6 is 0 Å². The average Bonchev–Trinajstić information content (AvgIpc) is 2.42. The molecule has 0 aliphatic carbocycles. The van der Waals surface area contributed by atoms with Gasteiger partial charge in [0.1, 0.15) is 5.82 Å². The highest BCUT2D eigenvalue weighted by Crippen LogP contribution is 2.11. The van der Waals surface area contributed by atoms with Crippen molar-refractivity contribution in [2.24, 2.45) is 0 Å². The quantitative estimate of drug-likeness (QED) is 0.880. The molecule has 2 N–H and O–H groups in total. The largest absolute Gasteiger partial charge is 0.324 e. The molecule has 0 atom stereocenters. The maximum atomic E-state index is 11.8. The van der Waals surface area contributed by atoms with E-state index in [1.807, 2.05) is 37.3 Å².